The van der Waals surface area contributed by atoms with Crippen LogP contribution in [0, 0.1) is 0 Å². The molecule has 0 radical (unpaired) electrons. The van der Waals surface area contributed by atoms with Gasteiger partial charge in [-0.05, 0) is 40.5 Å². The minimum absolute atomic E-state index is 0. The minimum Gasteiger partial charge on any atom is -0.444 e. The van der Waals surface area contributed by atoms with Crippen LogP contribution in [0.4, 0.5) is 4.79 Å². The maximum atomic E-state index is 11.5. The zero-order valence-electron chi connectivity index (χ0n) is 14.2. The molecule has 1 fully saturated rings. The molecule has 0 spiro atoms. The van der Waals surface area contributed by atoms with Gasteiger partial charge in [-0.2, -0.15) is 0 Å². The van der Waals surface area contributed by atoms with E-state index in [9.17, 15) is 4.79 Å². The number of nitrogens with zero attached hydrogens (tertiary/aromatic N) is 1. The van der Waals surface area contributed by atoms with Crippen molar-refractivity contribution in [1.82, 2.24) is 16.0 Å². The van der Waals surface area contributed by atoms with Crippen LogP contribution in [0.5, 0.6) is 0 Å². The minimum atomic E-state index is -0.466. The summed E-state index contributed by atoms with van der Waals surface area (Å²) in [4.78, 5) is 16.0. The summed E-state index contributed by atoms with van der Waals surface area (Å²) in [5, 5.41) is 9.38. The van der Waals surface area contributed by atoms with Gasteiger partial charge >= 0.3 is 6.09 Å². The highest BCUT2D eigenvalue weighted by molar-refractivity contribution is 14.0. The number of carbonyl (C=O) groups is 1. The maximum Gasteiger partial charge on any atom is 0.407 e. The van der Waals surface area contributed by atoms with Gasteiger partial charge in [-0.1, -0.05) is 12.8 Å². The number of ether oxygens (including phenoxy) is 1. The molecule has 0 aromatic heterocycles. The van der Waals surface area contributed by atoms with E-state index in [0.29, 0.717) is 19.1 Å². The van der Waals surface area contributed by atoms with Crippen LogP contribution in [-0.2, 0) is 4.74 Å². The van der Waals surface area contributed by atoms with E-state index < -0.39 is 11.7 Å². The van der Waals surface area contributed by atoms with Crippen LogP contribution in [-0.4, -0.2) is 43.3 Å². The summed E-state index contributed by atoms with van der Waals surface area (Å²) in [5.41, 5.74) is -0.466. The van der Waals surface area contributed by atoms with Gasteiger partial charge in [-0.25, -0.2) is 4.79 Å². The number of alkyl carbamates (subject to hydrolysis) is 1. The summed E-state index contributed by atoms with van der Waals surface area (Å²) in [5.74, 6) is 0.829. The van der Waals surface area contributed by atoms with Gasteiger partial charge in [0.25, 0.3) is 0 Å². The van der Waals surface area contributed by atoms with Crippen molar-refractivity contribution in [2.24, 2.45) is 4.99 Å². The van der Waals surface area contributed by atoms with Crippen LogP contribution in [0.25, 0.3) is 0 Å². The third kappa shape index (κ3) is 10.1. The maximum absolute atomic E-state index is 11.5. The average Bonchev–Trinajstić information content (AvgIpc) is 2.85. The number of guanidine groups is 1. The summed E-state index contributed by atoms with van der Waals surface area (Å²) in [7, 11) is 0. The van der Waals surface area contributed by atoms with Gasteiger partial charge in [-0.3, -0.25) is 4.99 Å². The molecule has 3 N–H and O–H groups in total. The normalized spacial score (nSPS) is 15.9. The monoisotopic (exact) mass is 426 g/mol. The number of halogens is 1. The lowest BCUT2D eigenvalue weighted by Crippen LogP contribution is -2.42. The number of nitrogens with one attached hydrogen (secondary N) is 3. The van der Waals surface area contributed by atoms with Crippen molar-refractivity contribution in [2.75, 3.05) is 19.6 Å². The van der Waals surface area contributed by atoms with Gasteiger partial charge in [-0.15, -0.1) is 24.0 Å². The van der Waals surface area contributed by atoms with Crippen LogP contribution in [0.2, 0.25) is 0 Å². The van der Waals surface area contributed by atoms with Gasteiger partial charge in [0, 0.05) is 19.1 Å². The van der Waals surface area contributed by atoms with E-state index >= 15 is 0 Å². The van der Waals surface area contributed by atoms with Crippen molar-refractivity contribution in [3.63, 3.8) is 0 Å². The molecule has 0 unspecified atom stereocenters. The number of carbonyl (C=O) groups excluding carboxylic acids is 1. The lowest BCUT2D eigenvalue weighted by atomic mass is 10.2. The smallest absolute Gasteiger partial charge is 0.407 e. The number of amides is 1. The second-order valence-corrected chi connectivity index (χ2v) is 6.32. The van der Waals surface area contributed by atoms with Gasteiger partial charge in [0.05, 0.1) is 6.54 Å². The van der Waals surface area contributed by atoms with Crippen molar-refractivity contribution in [3.05, 3.63) is 0 Å². The molecule has 1 aliphatic rings. The van der Waals surface area contributed by atoms with E-state index in [1.165, 1.54) is 25.7 Å². The topological polar surface area (TPSA) is 74.8 Å². The van der Waals surface area contributed by atoms with Crippen molar-refractivity contribution in [2.45, 2.75) is 65.0 Å². The van der Waals surface area contributed by atoms with Gasteiger partial charge in [0.1, 0.15) is 5.60 Å². The molecule has 1 saturated carbocycles. The third-order valence-corrected chi connectivity index (χ3v) is 3.09. The number of hydrogen-bond acceptors (Lipinski definition) is 3. The Balaban J connectivity index is 0.00000441. The first kappa shape index (κ1) is 21.3. The number of aliphatic imine (C=N–C) groups is 1. The van der Waals surface area contributed by atoms with Crippen molar-refractivity contribution < 1.29 is 9.53 Å². The molecule has 0 atom stereocenters. The summed E-state index contributed by atoms with van der Waals surface area (Å²) in [6.07, 6.45) is 4.60. The predicted octanol–water partition coefficient (Wildman–Crippen LogP) is 2.63. The third-order valence-electron chi connectivity index (χ3n) is 3.09. The Hall–Kier alpha value is -0.730. The Morgan fingerprint density at radius 1 is 1.23 bits per heavy atom. The largest absolute Gasteiger partial charge is 0.444 e. The molecule has 1 amide bonds. The molecule has 0 heterocycles. The van der Waals surface area contributed by atoms with Gasteiger partial charge in [0.2, 0.25) is 0 Å². The van der Waals surface area contributed by atoms with E-state index in [-0.39, 0.29) is 24.0 Å². The molecule has 6 nitrogen and oxygen atoms in total. The molecule has 0 bridgehead atoms. The molecular formula is C15H31IN4O2. The van der Waals surface area contributed by atoms with Gasteiger partial charge < -0.3 is 20.7 Å². The second-order valence-electron chi connectivity index (χ2n) is 6.32. The van der Waals surface area contributed by atoms with Crippen LogP contribution in [0.1, 0.15) is 53.4 Å². The zero-order valence-corrected chi connectivity index (χ0v) is 16.5. The van der Waals surface area contributed by atoms with Crippen molar-refractivity contribution in [3.8, 4) is 0 Å². The fourth-order valence-corrected chi connectivity index (χ4v) is 2.22. The fraction of sp³-hybridized carbons (Fsp3) is 0.867. The second kappa shape index (κ2) is 10.9. The number of rotatable bonds is 5. The molecule has 22 heavy (non-hydrogen) atoms. The van der Waals surface area contributed by atoms with Crippen LogP contribution in [0.3, 0.4) is 0 Å². The lowest BCUT2D eigenvalue weighted by Gasteiger charge is -2.19. The Morgan fingerprint density at radius 2 is 1.86 bits per heavy atom. The van der Waals surface area contributed by atoms with Crippen LogP contribution >= 0.6 is 24.0 Å². The molecule has 0 aliphatic heterocycles. The van der Waals surface area contributed by atoms with Crippen LogP contribution in [0.15, 0.2) is 4.99 Å². The molecule has 0 aromatic carbocycles. The quantitative estimate of drug-likeness (QED) is 0.274. The predicted molar refractivity (Wildman–Crippen MR) is 101 cm³/mol. The van der Waals surface area contributed by atoms with Gasteiger partial charge in [0.15, 0.2) is 5.96 Å². The van der Waals surface area contributed by atoms with E-state index in [0.717, 1.165) is 12.5 Å². The Kier molecular flexibility index (Phi) is 10.5. The highest BCUT2D eigenvalue weighted by atomic mass is 127. The van der Waals surface area contributed by atoms with E-state index in [1.54, 1.807) is 0 Å². The SMILES string of the molecule is CCNC(=NCCNC(=O)OC(C)(C)C)NC1CCCC1.I. The van der Waals surface area contributed by atoms with E-state index in [4.69, 9.17) is 4.74 Å². The van der Waals surface area contributed by atoms with E-state index in [1.807, 2.05) is 27.7 Å². The molecule has 0 saturated heterocycles. The summed E-state index contributed by atoms with van der Waals surface area (Å²) in [6.45, 7) is 9.42. The molecule has 130 valence electrons. The number of hydrogen-bond donors (Lipinski definition) is 3. The van der Waals surface area contributed by atoms with E-state index in [2.05, 4.69) is 20.9 Å². The first-order chi connectivity index (χ1) is 9.90. The average molecular weight is 426 g/mol. The fourth-order valence-electron chi connectivity index (χ4n) is 2.22. The Morgan fingerprint density at radius 3 is 2.41 bits per heavy atom. The molecule has 1 rings (SSSR count). The summed E-state index contributed by atoms with van der Waals surface area (Å²) in [6, 6.07) is 0.529. The Bertz CT molecular complexity index is 350. The molecule has 7 heteroatoms. The highest BCUT2D eigenvalue weighted by Crippen LogP contribution is 2.17. The van der Waals surface area contributed by atoms with Crippen molar-refractivity contribution in [1.29, 1.82) is 0 Å². The lowest BCUT2D eigenvalue weighted by molar-refractivity contribution is 0.0529. The van der Waals surface area contributed by atoms with Crippen molar-refractivity contribution >= 4 is 36.0 Å². The highest BCUT2D eigenvalue weighted by Gasteiger charge is 2.16. The first-order valence-corrected chi connectivity index (χ1v) is 7.92. The standard InChI is InChI=1S/C15H30N4O2.HI/c1-5-16-13(19-12-8-6-7-9-12)17-10-11-18-14(20)21-15(2,3)4;/h12H,5-11H2,1-4H3,(H,18,20)(H2,16,17,19);1H. The molecule has 0 aromatic rings. The summed E-state index contributed by atoms with van der Waals surface area (Å²) < 4.78 is 5.17. The zero-order chi connectivity index (χ0) is 15.7. The first-order valence-electron chi connectivity index (χ1n) is 7.92. The van der Waals surface area contributed by atoms with Crippen LogP contribution < -0.4 is 16.0 Å². The molecular weight excluding hydrogens is 395 g/mol. The molecule has 1 aliphatic carbocycles. The Labute approximate surface area is 151 Å². The summed E-state index contributed by atoms with van der Waals surface area (Å²) >= 11 is 0.